The Morgan fingerprint density at radius 2 is 1.73 bits per heavy atom. The topological polar surface area (TPSA) is 50.4 Å². The second-order valence-corrected chi connectivity index (χ2v) is 5.58. The van der Waals surface area contributed by atoms with E-state index in [0.717, 1.165) is 22.8 Å². The summed E-state index contributed by atoms with van der Waals surface area (Å²) in [5.74, 6) is 1.21. The minimum Gasteiger partial charge on any atom is -0.497 e. The Morgan fingerprint density at radius 1 is 1.05 bits per heavy atom. The highest BCUT2D eigenvalue weighted by atomic mass is 16.5. The smallest absolute Gasteiger partial charge is 0.224 e. The molecule has 0 fully saturated rings. The largest absolute Gasteiger partial charge is 0.497 e. The summed E-state index contributed by atoms with van der Waals surface area (Å²) in [5.41, 5.74) is 2.72. The SMILES string of the molecule is COc1cccc(Nc2ccc(NC(=O)CC(C)C)cc2)c1. The molecule has 0 saturated heterocycles. The lowest BCUT2D eigenvalue weighted by Crippen LogP contribution is -2.13. The molecule has 22 heavy (non-hydrogen) atoms. The van der Waals surface area contributed by atoms with E-state index < -0.39 is 0 Å². The fraction of sp³-hybridized carbons (Fsp3) is 0.278. The van der Waals surface area contributed by atoms with Gasteiger partial charge in [0.2, 0.25) is 5.91 Å². The number of ether oxygens (including phenoxy) is 1. The molecule has 0 spiro atoms. The van der Waals surface area contributed by atoms with Crippen molar-refractivity contribution in [3.63, 3.8) is 0 Å². The predicted octanol–water partition coefficient (Wildman–Crippen LogP) is 4.42. The number of nitrogens with one attached hydrogen (secondary N) is 2. The highest BCUT2D eigenvalue weighted by Gasteiger charge is 2.05. The first-order valence-corrected chi connectivity index (χ1v) is 7.38. The molecule has 0 heterocycles. The Labute approximate surface area is 131 Å². The third-order valence-corrected chi connectivity index (χ3v) is 3.12. The first-order valence-electron chi connectivity index (χ1n) is 7.38. The van der Waals surface area contributed by atoms with E-state index in [1.807, 2.05) is 62.4 Å². The average Bonchev–Trinajstić information content (AvgIpc) is 2.48. The maximum Gasteiger partial charge on any atom is 0.224 e. The molecule has 4 nitrogen and oxygen atoms in total. The van der Waals surface area contributed by atoms with Crippen LogP contribution < -0.4 is 15.4 Å². The van der Waals surface area contributed by atoms with Crippen LogP contribution in [0.25, 0.3) is 0 Å². The van der Waals surface area contributed by atoms with Crippen molar-refractivity contribution in [2.24, 2.45) is 5.92 Å². The zero-order chi connectivity index (χ0) is 15.9. The fourth-order valence-corrected chi connectivity index (χ4v) is 2.09. The van der Waals surface area contributed by atoms with Crippen molar-refractivity contribution in [1.29, 1.82) is 0 Å². The summed E-state index contributed by atoms with van der Waals surface area (Å²) in [6.07, 6.45) is 0.532. The highest BCUT2D eigenvalue weighted by Crippen LogP contribution is 2.22. The molecule has 116 valence electrons. The first kappa shape index (κ1) is 15.9. The van der Waals surface area contributed by atoms with E-state index in [9.17, 15) is 4.79 Å². The second kappa shape index (κ2) is 7.50. The molecule has 4 heteroatoms. The lowest BCUT2D eigenvalue weighted by atomic mass is 10.1. The van der Waals surface area contributed by atoms with Gasteiger partial charge in [-0.05, 0) is 42.3 Å². The third kappa shape index (κ3) is 4.81. The molecule has 0 unspecified atom stereocenters. The third-order valence-electron chi connectivity index (χ3n) is 3.12. The molecule has 2 aromatic carbocycles. The van der Waals surface area contributed by atoms with Gasteiger partial charge in [0.25, 0.3) is 0 Å². The number of rotatable bonds is 6. The molecule has 2 N–H and O–H groups in total. The van der Waals surface area contributed by atoms with Crippen LogP contribution in [-0.4, -0.2) is 13.0 Å². The van der Waals surface area contributed by atoms with E-state index >= 15 is 0 Å². The van der Waals surface area contributed by atoms with Crippen LogP contribution in [0.3, 0.4) is 0 Å². The quantitative estimate of drug-likeness (QED) is 0.829. The molecule has 0 aromatic heterocycles. The van der Waals surface area contributed by atoms with E-state index in [2.05, 4.69) is 10.6 Å². The fourth-order valence-electron chi connectivity index (χ4n) is 2.09. The summed E-state index contributed by atoms with van der Waals surface area (Å²) in [7, 11) is 1.65. The van der Waals surface area contributed by atoms with Gasteiger partial charge in [-0.15, -0.1) is 0 Å². The molecule has 0 aliphatic heterocycles. The summed E-state index contributed by atoms with van der Waals surface area (Å²) in [4.78, 5) is 11.7. The van der Waals surface area contributed by atoms with Crippen LogP contribution in [0.15, 0.2) is 48.5 Å². The van der Waals surface area contributed by atoms with Gasteiger partial charge in [0, 0.05) is 29.5 Å². The van der Waals surface area contributed by atoms with Gasteiger partial charge in [-0.3, -0.25) is 4.79 Å². The number of carbonyl (C=O) groups is 1. The van der Waals surface area contributed by atoms with Crippen molar-refractivity contribution >= 4 is 23.0 Å². The summed E-state index contributed by atoms with van der Waals surface area (Å²) in [6.45, 7) is 4.06. The number of methoxy groups -OCH3 is 1. The maximum atomic E-state index is 11.7. The number of carbonyl (C=O) groups excluding carboxylic acids is 1. The van der Waals surface area contributed by atoms with Crippen molar-refractivity contribution < 1.29 is 9.53 Å². The van der Waals surface area contributed by atoms with Crippen LogP contribution >= 0.6 is 0 Å². The Bertz CT molecular complexity index is 621. The van der Waals surface area contributed by atoms with Crippen LogP contribution in [0, 0.1) is 5.92 Å². The molecule has 0 atom stereocenters. The predicted molar refractivity (Wildman–Crippen MR) is 90.8 cm³/mol. The van der Waals surface area contributed by atoms with Crippen LogP contribution in [0.5, 0.6) is 5.75 Å². The molecule has 1 amide bonds. The number of hydrogen-bond acceptors (Lipinski definition) is 3. The van der Waals surface area contributed by atoms with Crippen LogP contribution in [0.2, 0.25) is 0 Å². The number of anilines is 3. The van der Waals surface area contributed by atoms with Crippen molar-refractivity contribution in [2.45, 2.75) is 20.3 Å². The van der Waals surface area contributed by atoms with Crippen molar-refractivity contribution in [3.8, 4) is 5.75 Å². The minimum atomic E-state index is 0.0449. The van der Waals surface area contributed by atoms with Crippen LogP contribution in [0.4, 0.5) is 17.1 Å². The van der Waals surface area contributed by atoms with Crippen molar-refractivity contribution in [3.05, 3.63) is 48.5 Å². The van der Waals surface area contributed by atoms with Gasteiger partial charge in [0.1, 0.15) is 5.75 Å². The van der Waals surface area contributed by atoms with Crippen LogP contribution in [0.1, 0.15) is 20.3 Å². The molecule has 0 radical (unpaired) electrons. The Balaban J connectivity index is 1.98. The molecule has 0 aliphatic carbocycles. The van der Waals surface area contributed by atoms with E-state index in [1.165, 1.54) is 0 Å². The summed E-state index contributed by atoms with van der Waals surface area (Å²) in [6, 6.07) is 15.4. The normalized spacial score (nSPS) is 10.4. The summed E-state index contributed by atoms with van der Waals surface area (Å²) in [5, 5.41) is 6.19. The van der Waals surface area contributed by atoms with E-state index in [-0.39, 0.29) is 5.91 Å². The Hall–Kier alpha value is -2.49. The number of benzene rings is 2. The molecular formula is C18H22N2O2. The lowest BCUT2D eigenvalue weighted by Gasteiger charge is -2.10. The minimum absolute atomic E-state index is 0.0449. The highest BCUT2D eigenvalue weighted by molar-refractivity contribution is 5.91. The van der Waals surface area contributed by atoms with Gasteiger partial charge >= 0.3 is 0 Å². The molecule has 0 bridgehead atoms. The van der Waals surface area contributed by atoms with Gasteiger partial charge in [0.15, 0.2) is 0 Å². The lowest BCUT2D eigenvalue weighted by molar-refractivity contribution is -0.116. The first-order chi connectivity index (χ1) is 10.6. The van der Waals surface area contributed by atoms with Crippen LogP contribution in [-0.2, 0) is 4.79 Å². The standard InChI is InChI=1S/C18H22N2O2/c1-13(2)11-18(21)20-15-9-7-14(8-10-15)19-16-5-4-6-17(12-16)22-3/h4-10,12-13,19H,11H2,1-3H3,(H,20,21). The van der Waals surface area contributed by atoms with E-state index in [0.29, 0.717) is 12.3 Å². The Kier molecular flexibility index (Phi) is 5.42. The molecule has 0 aliphatic rings. The molecule has 2 aromatic rings. The molecule has 2 rings (SSSR count). The number of hydrogen-bond donors (Lipinski definition) is 2. The maximum absolute atomic E-state index is 11.7. The van der Waals surface area contributed by atoms with Gasteiger partial charge in [-0.2, -0.15) is 0 Å². The van der Waals surface area contributed by atoms with Gasteiger partial charge in [-0.1, -0.05) is 19.9 Å². The molecular weight excluding hydrogens is 276 g/mol. The van der Waals surface area contributed by atoms with Crippen molar-refractivity contribution in [2.75, 3.05) is 17.7 Å². The zero-order valence-corrected chi connectivity index (χ0v) is 13.2. The summed E-state index contributed by atoms with van der Waals surface area (Å²) < 4.78 is 5.20. The van der Waals surface area contributed by atoms with Crippen molar-refractivity contribution in [1.82, 2.24) is 0 Å². The van der Waals surface area contributed by atoms with Gasteiger partial charge in [-0.25, -0.2) is 0 Å². The monoisotopic (exact) mass is 298 g/mol. The second-order valence-electron chi connectivity index (χ2n) is 5.58. The van der Waals surface area contributed by atoms with E-state index in [4.69, 9.17) is 4.74 Å². The zero-order valence-electron chi connectivity index (χ0n) is 13.2. The molecule has 0 saturated carbocycles. The van der Waals surface area contributed by atoms with Gasteiger partial charge < -0.3 is 15.4 Å². The average molecular weight is 298 g/mol. The summed E-state index contributed by atoms with van der Waals surface area (Å²) >= 11 is 0. The van der Waals surface area contributed by atoms with Gasteiger partial charge in [0.05, 0.1) is 7.11 Å². The Morgan fingerprint density at radius 3 is 2.36 bits per heavy atom. The van der Waals surface area contributed by atoms with E-state index in [1.54, 1.807) is 7.11 Å². The number of amides is 1.